The lowest BCUT2D eigenvalue weighted by Gasteiger charge is -2.02. The van der Waals surface area contributed by atoms with Crippen LogP contribution >= 0.6 is 11.3 Å². The van der Waals surface area contributed by atoms with Crippen molar-refractivity contribution in [2.75, 3.05) is 0 Å². The largest absolute Gasteiger partial charge is 0.312 e. The second-order valence-corrected chi connectivity index (χ2v) is 6.38. The van der Waals surface area contributed by atoms with Crippen molar-refractivity contribution < 1.29 is 9.18 Å². The van der Waals surface area contributed by atoms with Crippen LogP contribution in [0.3, 0.4) is 0 Å². The van der Waals surface area contributed by atoms with E-state index in [0.717, 1.165) is 16.6 Å². The van der Waals surface area contributed by atoms with Gasteiger partial charge in [0, 0.05) is 12.1 Å². The molecule has 0 saturated carbocycles. The fourth-order valence-electron chi connectivity index (χ4n) is 2.50. The summed E-state index contributed by atoms with van der Waals surface area (Å²) in [7, 11) is 0. The molecule has 2 aromatic carbocycles. The van der Waals surface area contributed by atoms with Crippen molar-refractivity contribution in [1.29, 1.82) is 0 Å². The minimum absolute atomic E-state index is 0.242. The summed E-state index contributed by atoms with van der Waals surface area (Å²) in [5.41, 5.74) is 2.49. The van der Waals surface area contributed by atoms with Crippen molar-refractivity contribution in [2.24, 2.45) is 4.99 Å². The molecule has 24 heavy (non-hydrogen) atoms. The molecular formula is C19H17FN2OS. The summed E-state index contributed by atoms with van der Waals surface area (Å²) < 4.78 is 16.3. The molecule has 3 aromatic rings. The minimum atomic E-state index is -0.449. The normalized spacial score (nSPS) is 11.8. The van der Waals surface area contributed by atoms with Crippen LogP contribution in [0.5, 0.6) is 0 Å². The van der Waals surface area contributed by atoms with Gasteiger partial charge in [-0.2, -0.15) is 4.99 Å². The van der Waals surface area contributed by atoms with Crippen LogP contribution in [0.15, 0.2) is 60.1 Å². The maximum atomic E-state index is 13.3. The Hall–Kier alpha value is -2.53. The van der Waals surface area contributed by atoms with E-state index >= 15 is 0 Å². The summed E-state index contributed by atoms with van der Waals surface area (Å²) in [5.74, 6) is -0.895. The van der Waals surface area contributed by atoms with Crippen molar-refractivity contribution in [3.8, 4) is 0 Å². The zero-order valence-electron chi connectivity index (χ0n) is 13.3. The molecule has 0 unspecified atom stereocenters. The highest BCUT2D eigenvalue weighted by molar-refractivity contribution is 7.16. The van der Waals surface area contributed by atoms with Gasteiger partial charge in [0.05, 0.1) is 10.2 Å². The number of benzene rings is 2. The standard InChI is InChI=1S/C19H17FN2OS/c1-3-10-22-16-9-8-13(4-2)11-17(16)24-19(22)21-18(23)14-6-5-7-15(20)12-14/h3,5-9,11-12H,1,4,10H2,2H3. The molecule has 0 N–H and O–H groups in total. The Labute approximate surface area is 143 Å². The van der Waals surface area contributed by atoms with Gasteiger partial charge in [-0.05, 0) is 42.3 Å². The molecule has 5 heteroatoms. The summed E-state index contributed by atoms with van der Waals surface area (Å²) in [6, 6.07) is 11.8. The van der Waals surface area contributed by atoms with Gasteiger partial charge in [0.2, 0.25) is 0 Å². The van der Waals surface area contributed by atoms with Gasteiger partial charge in [-0.1, -0.05) is 36.5 Å². The third kappa shape index (κ3) is 3.21. The van der Waals surface area contributed by atoms with Crippen LogP contribution < -0.4 is 4.80 Å². The van der Waals surface area contributed by atoms with E-state index < -0.39 is 11.7 Å². The first-order chi connectivity index (χ1) is 11.6. The van der Waals surface area contributed by atoms with Crippen LogP contribution in [0.25, 0.3) is 10.2 Å². The van der Waals surface area contributed by atoms with E-state index in [4.69, 9.17) is 0 Å². The van der Waals surface area contributed by atoms with Crippen LogP contribution in [0.4, 0.5) is 4.39 Å². The number of fused-ring (bicyclic) bond motifs is 1. The number of nitrogens with zero attached hydrogens (tertiary/aromatic N) is 2. The van der Waals surface area contributed by atoms with Gasteiger partial charge < -0.3 is 4.57 Å². The molecule has 0 aliphatic rings. The van der Waals surface area contributed by atoms with Gasteiger partial charge in [-0.25, -0.2) is 4.39 Å². The number of hydrogen-bond donors (Lipinski definition) is 0. The average molecular weight is 340 g/mol. The number of rotatable bonds is 4. The smallest absolute Gasteiger partial charge is 0.279 e. The summed E-state index contributed by atoms with van der Waals surface area (Å²) in [5, 5.41) is 0. The van der Waals surface area contributed by atoms with E-state index in [1.807, 2.05) is 10.6 Å². The molecule has 0 aliphatic carbocycles. The number of carbonyl (C=O) groups excluding carboxylic acids is 1. The lowest BCUT2D eigenvalue weighted by atomic mass is 10.2. The van der Waals surface area contributed by atoms with Crippen LogP contribution in [-0.4, -0.2) is 10.5 Å². The molecule has 0 atom stereocenters. The number of halogens is 1. The first-order valence-corrected chi connectivity index (χ1v) is 8.52. The van der Waals surface area contributed by atoms with Crippen LogP contribution in [0.1, 0.15) is 22.8 Å². The lowest BCUT2D eigenvalue weighted by molar-refractivity contribution is 0.0997. The average Bonchev–Trinajstić information content (AvgIpc) is 2.91. The first-order valence-electron chi connectivity index (χ1n) is 7.70. The Morgan fingerprint density at radius 1 is 1.33 bits per heavy atom. The van der Waals surface area contributed by atoms with E-state index in [1.54, 1.807) is 12.1 Å². The van der Waals surface area contributed by atoms with Gasteiger partial charge in [-0.3, -0.25) is 4.79 Å². The molecule has 1 aromatic heterocycles. The monoisotopic (exact) mass is 340 g/mol. The molecule has 0 radical (unpaired) electrons. The molecule has 3 nitrogen and oxygen atoms in total. The van der Waals surface area contributed by atoms with Crippen LogP contribution in [-0.2, 0) is 13.0 Å². The maximum Gasteiger partial charge on any atom is 0.279 e. The SMILES string of the molecule is C=CCn1c(=NC(=O)c2cccc(F)c2)sc2cc(CC)ccc21. The van der Waals surface area contributed by atoms with E-state index in [0.29, 0.717) is 11.3 Å². The Morgan fingerprint density at radius 3 is 2.88 bits per heavy atom. The number of aromatic nitrogens is 1. The Balaban J connectivity index is 2.14. The lowest BCUT2D eigenvalue weighted by Crippen LogP contribution is -2.16. The van der Waals surface area contributed by atoms with E-state index in [1.165, 1.54) is 35.1 Å². The molecule has 0 aliphatic heterocycles. The quantitative estimate of drug-likeness (QED) is 0.651. The van der Waals surface area contributed by atoms with E-state index in [2.05, 4.69) is 30.6 Å². The first kappa shape index (κ1) is 16.3. The minimum Gasteiger partial charge on any atom is -0.312 e. The maximum absolute atomic E-state index is 13.3. The summed E-state index contributed by atoms with van der Waals surface area (Å²) in [4.78, 5) is 17.2. The molecule has 122 valence electrons. The fraction of sp³-hybridized carbons (Fsp3) is 0.158. The molecule has 3 rings (SSSR count). The number of aryl methyl sites for hydroxylation is 1. The zero-order chi connectivity index (χ0) is 17.1. The second kappa shape index (κ2) is 6.93. The highest BCUT2D eigenvalue weighted by atomic mass is 32.1. The van der Waals surface area contributed by atoms with E-state index in [9.17, 15) is 9.18 Å². The highest BCUT2D eigenvalue weighted by Gasteiger charge is 2.09. The van der Waals surface area contributed by atoms with Crippen molar-refractivity contribution >= 4 is 27.5 Å². The van der Waals surface area contributed by atoms with Gasteiger partial charge in [0.25, 0.3) is 5.91 Å². The Kier molecular flexibility index (Phi) is 4.71. The predicted molar refractivity (Wildman–Crippen MR) is 95.7 cm³/mol. The molecular weight excluding hydrogens is 323 g/mol. The third-order valence-corrected chi connectivity index (χ3v) is 4.78. The predicted octanol–water partition coefficient (Wildman–Crippen LogP) is 4.33. The number of carbonyl (C=O) groups is 1. The van der Waals surface area contributed by atoms with Crippen molar-refractivity contribution in [2.45, 2.75) is 19.9 Å². The Bertz CT molecular complexity index is 984. The molecule has 0 saturated heterocycles. The van der Waals surface area contributed by atoms with Crippen molar-refractivity contribution in [3.63, 3.8) is 0 Å². The topological polar surface area (TPSA) is 34.4 Å². The zero-order valence-corrected chi connectivity index (χ0v) is 14.1. The number of hydrogen-bond acceptors (Lipinski definition) is 2. The van der Waals surface area contributed by atoms with Crippen molar-refractivity contribution in [3.05, 3.63) is 76.9 Å². The summed E-state index contributed by atoms with van der Waals surface area (Å²) >= 11 is 1.45. The number of amides is 1. The van der Waals surface area contributed by atoms with Gasteiger partial charge in [0.15, 0.2) is 4.80 Å². The van der Waals surface area contributed by atoms with Crippen LogP contribution in [0.2, 0.25) is 0 Å². The van der Waals surface area contributed by atoms with Gasteiger partial charge >= 0.3 is 0 Å². The van der Waals surface area contributed by atoms with Crippen LogP contribution in [0, 0.1) is 5.82 Å². The van der Waals surface area contributed by atoms with Crippen molar-refractivity contribution in [1.82, 2.24) is 4.57 Å². The van der Waals surface area contributed by atoms with Gasteiger partial charge in [0.1, 0.15) is 5.82 Å². The molecule has 1 heterocycles. The summed E-state index contributed by atoms with van der Waals surface area (Å²) in [6.45, 7) is 6.43. The molecule has 0 spiro atoms. The Morgan fingerprint density at radius 2 is 2.17 bits per heavy atom. The highest BCUT2D eigenvalue weighted by Crippen LogP contribution is 2.20. The number of thiazole rings is 1. The third-order valence-electron chi connectivity index (χ3n) is 3.74. The van der Waals surface area contributed by atoms with E-state index in [-0.39, 0.29) is 5.56 Å². The van der Waals surface area contributed by atoms with Gasteiger partial charge in [-0.15, -0.1) is 6.58 Å². The summed E-state index contributed by atoms with van der Waals surface area (Å²) in [6.07, 6.45) is 2.72. The molecule has 0 bridgehead atoms. The second-order valence-electron chi connectivity index (χ2n) is 5.37. The number of allylic oxidation sites excluding steroid dienone is 1. The molecule has 0 fully saturated rings. The molecule has 1 amide bonds. The fourth-order valence-corrected chi connectivity index (χ4v) is 3.60.